The van der Waals surface area contributed by atoms with Crippen LogP contribution in [-0.4, -0.2) is 18.0 Å². The summed E-state index contributed by atoms with van der Waals surface area (Å²) in [5, 5.41) is 1.44. The van der Waals surface area contributed by atoms with Gasteiger partial charge in [0.15, 0.2) is 0 Å². The third-order valence-corrected chi connectivity index (χ3v) is 6.65. The first-order valence-electron chi connectivity index (χ1n) is 8.77. The molecule has 25 heavy (non-hydrogen) atoms. The van der Waals surface area contributed by atoms with Crippen molar-refractivity contribution in [1.82, 2.24) is 9.97 Å². The van der Waals surface area contributed by atoms with Crippen LogP contribution in [0.15, 0.2) is 48.7 Å². The third-order valence-electron chi connectivity index (χ3n) is 4.51. The highest BCUT2D eigenvalue weighted by atomic mass is 28.3. The van der Waals surface area contributed by atoms with E-state index in [0.29, 0.717) is 0 Å². The summed E-state index contributed by atoms with van der Waals surface area (Å²) in [5.41, 5.74) is 8.11. The minimum atomic E-state index is -1.33. The molecule has 0 aliphatic rings. The van der Waals surface area contributed by atoms with Crippen LogP contribution in [0.1, 0.15) is 17.0 Å². The van der Waals surface area contributed by atoms with E-state index in [1.807, 2.05) is 13.8 Å². The normalized spacial score (nSPS) is 11.6. The summed E-state index contributed by atoms with van der Waals surface area (Å²) in [4.78, 5) is 9.19. The maximum Gasteiger partial charge on any atom is 0.0799 e. The van der Waals surface area contributed by atoms with Gasteiger partial charge in [-0.05, 0) is 60.8 Å². The topological polar surface area (TPSA) is 25.8 Å². The van der Waals surface area contributed by atoms with Crippen molar-refractivity contribution in [2.75, 3.05) is 0 Å². The van der Waals surface area contributed by atoms with Gasteiger partial charge in [-0.15, -0.1) is 0 Å². The average Bonchev–Trinajstić information content (AvgIpc) is 2.53. The molecule has 0 N–H and O–H groups in total. The molecule has 3 rings (SSSR count). The fourth-order valence-corrected chi connectivity index (χ4v) is 5.04. The Balaban J connectivity index is 1.94. The number of aromatic nitrogens is 2. The Labute approximate surface area is 152 Å². The van der Waals surface area contributed by atoms with Gasteiger partial charge in [0.1, 0.15) is 0 Å². The van der Waals surface area contributed by atoms with Crippen LogP contribution in [0.2, 0.25) is 19.6 Å². The molecule has 128 valence electrons. The minimum Gasteiger partial charge on any atom is -0.258 e. The molecular formula is C22H26N2Si. The molecule has 0 radical (unpaired) electrons. The summed E-state index contributed by atoms with van der Waals surface area (Å²) >= 11 is 0. The Morgan fingerprint density at radius 3 is 1.80 bits per heavy atom. The van der Waals surface area contributed by atoms with Gasteiger partial charge in [-0.3, -0.25) is 9.97 Å². The monoisotopic (exact) mass is 346 g/mol. The van der Waals surface area contributed by atoms with Crippen LogP contribution in [0.4, 0.5) is 0 Å². The van der Waals surface area contributed by atoms with Gasteiger partial charge in [0.2, 0.25) is 0 Å². The molecule has 0 saturated carbocycles. The maximum absolute atomic E-state index is 4.73. The van der Waals surface area contributed by atoms with Crippen molar-refractivity contribution in [3.63, 3.8) is 0 Å². The van der Waals surface area contributed by atoms with Gasteiger partial charge in [-0.25, -0.2) is 0 Å². The molecule has 0 spiro atoms. The minimum absolute atomic E-state index is 1.05. The predicted octanol–water partition coefficient (Wildman–Crippen LogP) is 5.28. The molecule has 1 aromatic carbocycles. The molecule has 0 fully saturated rings. The predicted molar refractivity (Wildman–Crippen MR) is 110 cm³/mol. The van der Waals surface area contributed by atoms with Crippen LogP contribution in [0.25, 0.3) is 22.4 Å². The second-order valence-electron chi connectivity index (χ2n) is 7.85. The largest absolute Gasteiger partial charge is 0.258 e. The van der Waals surface area contributed by atoms with E-state index >= 15 is 0 Å². The van der Waals surface area contributed by atoms with Gasteiger partial charge in [0, 0.05) is 23.1 Å². The second kappa shape index (κ2) is 6.56. The summed E-state index contributed by atoms with van der Waals surface area (Å²) in [7, 11) is -1.33. The van der Waals surface area contributed by atoms with Crippen molar-refractivity contribution in [3.8, 4) is 22.4 Å². The molecule has 0 atom stereocenters. The van der Waals surface area contributed by atoms with Crippen molar-refractivity contribution >= 4 is 13.3 Å². The number of benzene rings is 1. The van der Waals surface area contributed by atoms with Crippen LogP contribution in [-0.2, 0) is 0 Å². The Bertz CT molecular complexity index is 886. The Kier molecular flexibility index (Phi) is 4.61. The zero-order valence-electron chi connectivity index (χ0n) is 16.0. The molecule has 2 nitrogen and oxygen atoms in total. The van der Waals surface area contributed by atoms with Gasteiger partial charge in [0.25, 0.3) is 0 Å². The summed E-state index contributed by atoms with van der Waals surface area (Å²) in [5.74, 6) is 0. The molecule has 3 heteroatoms. The molecular weight excluding hydrogens is 320 g/mol. The summed E-state index contributed by atoms with van der Waals surface area (Å²) in [6.45, 7) is 13.4. The molecule has 2 heterocycles. The Morgan fingerprint density at radius 2 is 1.28 bits per heavy atom. The smallest absolute Gasteiger partial charge is 0.0799 e. The van der Waals surface area contributed by atoms with Crippen LogP contribution in [0.5, 0.6) is 0 Å². The number of pyridine rings is 2. The SMILES string of the molecule is Cc1cc(-c2ccc(-c3cc(C)c([Si](C)(C)C)cn3)cc2)cc(C)n1. The van der Waals surface area contributed by atoms with Crippen molar-refractivity contribution < 1.29 is 0 Å². The summed E-state index contributed by atoms with van der Waals surface area (Å²) in [6, 6.07) is 15.2. The molecule has 3 aromatic rings. The number of aryl methyl sites for hydroxylation is 3. The number of hydrogen-bond acceptors (Lipinski definition) is 2. The molecule has 0 unspecified atom stereocenters. The first-order valence-corrected chi connectivity index (χ1v) is 12.3. The lowest BCUT2D eigenvalue weighted by Crippen LogP contribution is -2.39. The van der Waals surface area contributed by atoms with E-state index in [4.69, 9.17) is 4.98 Å². The lowest BCUT2D eigenvalue weighted by atomic mass is 10.0. The van der Waals surface area contributed by atoms with E-state index in [1.165, 1.54) is 21.9 Å². The van der Waals surface area contributed by atoms with E-state index in [2.05, 4.69) is 80.2 Å². The van der Waals surface area contributed by atoms with Gasteiger partial charge < -0.3 is 0 Å². The lowest BCUT2D eigenvalue weighted by molar-refractivity contribution is 1.12. The van der Waals surface area contributed by atoms with Crippen LogP contribution in [0, 0.1) is 20.8 Å². The van der Waals surface area contributed by atoms with Gasteiger partial charge in [-0.1, -0.05) is 43.9 Å². The fraction of sp³-hybridized carbons (Fsp3) is 0.273. The maximum atomic E-state index is 4.73. The highest BCUT2D eigenvalue weighted by Gasteiger charge is 2.19. The van der Waals surface area contributed by atoms with Crippen LogP contribution < -0.4 is 5.19 Å². The third kappa shape index (κ3) is 3.88. The molecule has 0 saturated heterocycles. The quantitative estimate of drug-likeness (QED) is 0.603. The van der Waals surface area contributed by atoms with Crippen LogP contribution in [0.3, 0.4) is 0 Å². The van der Waals surface area contributed by atoms with E-state index in [0.717, 1.165) is 22.6 Å². The summed E-state index contributed by atoms with van der Waals surface area (Å²) < 4.78 is 0. The second-order valence-corrected chi connectivity index (χ2v) is 12.9. The average molecular weight is 347 g/mol. The number of nitrogens with zero attached hydrogens (tertiary/aromatic N) is 2. The molecule has 0 bridgehead atoms. The molecule has 0 aliphatic carbocycles. The number of hydrogen-bond donors (Lipinski definition) is 0. The molecule has 2 aromatic heterocycles. The molecule has 0 amide bonds. The lowest BCUT2D eigenvalue weighted by Gasteiger charge is -2.19. The zero-order chi connectivity index (χ0) is 18.2. The zero-order valence-corrected chi connectivity index (χ0v) is 17.0. The van der Waals surface area contributed by atoms with E-state index in [-0.39, 0.29) is 0 Å². The van der Waals surface area contributed by atoms with Gasteiger partial charge in [0.05, 0.1) is 13.8 Å². The fourth-order valence-electron chi connectivity index (χ4n) is 3.33. The Hall–Kier alpha value is -2.26. The first-order chi connectivity index (χ1) is 11.7. The van der Waals surface area contributed by atoms with Crippen molar-refractivity contribution in [2.24, 2.45) is 0 Å². The highest BCUT2D eigenvalue weighted by Crippen LogP contribution is 2.25. The highest BCUT2D eigenvalue weighted by molar-refractivity contribution is 6.89. The van der Waals surface area contributed by atoms with Crippen molar-refractivity contribution in [1.29, 1.82) is 0 Å². The molecule has 0 aliphatic heterocycles. The van der Waals surface area contributed by atoms with Crippen molar-refractivity contribution in [3.05, 3.63) is 65.6 Å². The number of rotatable bonds is 3. The van der Waals surface area contributed by atoms with Crippen molar-refractivity contribution in [2.45, 2.75) is 40.4 Å². The standard InChI is InChI=1S/C22H26N2Si/c1-15-11-21(23-14-22(15)25(4,5)6)19-9-7-18(8-10-19)20-12-16(2)24-17(3)13-20/h7-14H,1-6H3. The van der Waals surface area contributed by atoms with E-state index in [9.17, 15) is 0 Å². The van der Waals surface area contributed by atoms with E-state index < -0.39 is 8.07 Å². The summed E-state index contributed by atoms with van der Waals surface area (Å²) in [6.07, 6.45) is 2.08. The van der Waals surface area contributed by atoms with Gasteiger partial charge in [-0.2, -0.15) is 0 Å². The van der Waals surface area contributed by atoms with Crippen LogP contribution >= 0.6 is 0 Å². The Morgan fingerprint density at radius 1 is 0.720 bits per heavy atom. The van der Waals surface area contributed by atoms with E-state index in [1.54, 1.807) is 0 Å². The first kappa shape index (κ1) is 17.6. The van der Waals surface area contributed by atoms with Gasteiger partial charge >= 0.3 is 0 Å².